The second kappa shape index (κ2) is 6.30. The van der Waals surface area contributed by atoms with Crippen molar-refractivity contribution >= 4 is 17.7 Å². The molecule has 0 atom stereocenters. The molecule has 2 N–H and O–H groups in total. The van der Waals surface area contributed by atoms with E-state index in [1.165, 1.54) is 12.8 Å². The normalized spacial score (nSPS) is 16.1. The van der Waals surface area contributed by atoms with Gasteiger partial charge in [0.2, 0.25) is 0 Å². The number of carboxylic acid groups (broad SMARTS) is 1. The Labute approximate surface area is 117 Å². The molecule has 0 bridgehead atoms. The van der Waals surface area contributed by atoms with Crippen LogP contribution in [0.15, 0.2) is 24.3 Å². The van der Waals surface area contributed by atoms with Gasteiger partial charge in [0, 0.05) is 17.8 Å². The van der Waals surface area contributed by atoms with E-state index in [1.807, 2.05) is 11.8 Å². The van der Waals surface area contributed by atoms with E-state index in [1.54, 1.807) is 24.3 Å². The zero-order valence-corrected chi connectivity index (χ0v) is 11.8. The number of carbonyl (C=O) groups is 1. The largest absolute Gasteiger partial charge is 0.491 e. The van der Waals surface area contributed by atoms with Gasteiger partial charge in [-0.25, -0.2) is 4.79 Å². The Morgan fingerprint density at radius 1 is 1.47 bits per heavy atom. The van der Waals surface area contributed by atoms with E-state index < -0.39 is 5.97 Å². The molecular formula is C14H19NO3S. The molecule has 0 aliphatic heterocycles. The molecular weight excluding hydrogens is 262 g/mol. The molecule has 104 valence electrons. The predicted molar refractivity (Wildman–Crippen MR) is 77.2 cm³/mol. The third-order valence-electron chi connectivity index (χ3n) is 3.34. The highest BCUT2D eigenvalue weighted by atomic mass is 32.2. The first-order valence-electron chi connectivity index (χ1n) is 6.38. The molecule has 0 unspecified atom stereocenters. The van der Waals surface area contributed by atoms with Crippen LogP contribution in [0.3, 0.4) is 0 Å². The van der Waals surface area contributed by atoms with E-state index in [0.717, 1.165) is 13.1 Å². The smallest absolute Gasteiger partial charge is 0.339 e. The summed E-state index contributed by atoms with van der Waals surface area (Å²) in [5, 5.41) is 12.4. The molecule has 0 heterocycles. The minimum atomic E-state index is -0.956. The molecule has 1 aromatic rings. The van der Waals surface area contributed by atoms with Gasteiger partial charge in [0.05, 0.1) is 0 Å². The molecule has 1 saturated carbocycles. The van der Waals surface area contributed by atoms with Gasteiger partial charge in [-0.1, -0.05) is 12.1 Å². The van der Waals surface area contributed by atoms with Crippen LogP contribution in [0.1, 0.15) is 23.2 Å². The van der Waals surface area contributed by atoms with E-state index in [0.29, 0.717) is 17.1 Å². The average Bonchev–Trinajstić information content (AvgIpc) is 3.19. The van der Waals surface area contributed by atoms with Crippen molar-refractivity contribution in [3.8, 4) is 5.75 Å². The standard InChI is InChI=1S/C14H19NO3S/c1-19-14(6-7-14)10-15-8-9-18-12-5-3-2-4-11(12)13(16)17/h2-5,15H,6-10H2,1H3,(H,16,17). The number of hydrogen-bond acceptors (Lipinski definition) is 4. The van der Waals surface area contributed by atoms with Crippen molar-refractivity contribution in [2.24, 2.45) is 0 Å². The number of hydrogen-bond donors (Lipinski definition) is 2. The van der Waals surface area contributed by atoms with E-state index in [-0.39, 0.29) is 5.56 Å². The average molecular weight is 281 g/mol. The van der Waals surface area contributed by atoms with Gasteiger partial charge in [-0.3, -0.25) is 0 Å². The number of thioether (sulfide) groups is 1. The summed E-state index contributed by atoms with van der Waals surface area (Å²) in [4.78, 5) is 11.0. The lowest BCUT2D eigenvalue weighted by Crippen LogP contribution is -2.29. The number of ether oxygens (including phenoxy) is 1. The highest BCUT2D eigenvalue weighted by Gasteiger charge is 2.41. The van der Waals surface area contributed by atoms with Gasteiger partial charge in [-0.2, -0.15) is 11.8 Å². The van der Waals surface area contributed by atoms with Crippen LogP contribution in [0.2, 0.25) is 0 Å². The van der Waals surface area contributed by atoms with Crippen molar-refractivity contribution < 1.29 is 14.6 Å². The molecule has 1 aliphatic rings. The molecule has 1 fully saturated rings. The van der Waals surface area contributed by atoms with Crippen LogP contribution >= 0.6 is 11.8 Å². The zero-order valence-electron chi connectivity index (χ0n) is 11.0. The maximum Gasteiger partial charge on any atom is 0.339 e. The Balaban J connectivity index is 1.72. The Hall–Kier alpha value is -1.20. The maximum absolute atomic E-state index is 11.0. The van der Waals surface area contributed by atoms with Crippen LogP contribution in [-0.2, 0) is 0 Å². The highest BCUT2D eigenvalue weighted by Crippen LogP contribution is 2.46. The third-order valence-corrected chi connectivity index (χ3v) is 4.76. The fraction of sp³-hybridized carbons (Fsp3) is 0.500. The molecule has 0 aromatic heterocycles. The van der Waals surface area contributed by atoms with Crippen LogP contribution in [0, 0.1) is 0 Å². The first-order chi connectivity index (χ1) is 9.17. The lowest BCUT2D eigenvalue weighted by atomic mass is 10.2. The van der Waals surface area contributed by atoms with Gasteiger partial charge >= 0.3 is 5.97 Å². The summed E-state index contributed by atoms with van der Waals surface area (Å²) >= 11 is 1.92. The molecule has 0 radical (unpaired) electrons. The summed E-state index contributed by atoms with van der Waals surface area (Å²) in [6, 6.07) is 6.72. The molecule has 4 nitrogen and oxygen atoms in total. The zero-order chi connectivity index (χ0) is 13.7. The topological polar surface area (TPSA) is 58.6 Å². The lowest BCUT2D eigenvalue weighted by Gasteiger charge is -2.14. The number of para-hydroxylation sites is 1. The minimum Gasteiger partial charge on any atom is -0.491 e. The Kier molecular flexibility index (Phi) is 4.71. The molecule has 19 heavy (non-hydrogen) atoms. The SMILES string of the molecule is CSC1(CNCCOc2ccccc2C(=O)O)CC1. The first kappa shape index (κ1) is 14.2. The molecule has 1 aromatic carbocycles. The Morgan fingerprint density at radius 2 is 2.21 bits per heavy atom. The number of nitrogens with one attached hydrogen (secondary N) is 1. The van der Waals surface area contributed by atoms with Crippen LogP contribution < -0.4 is 10.1 Å². The number of rotatable bonds is 8. The van der Waals surface area contributed by atoms with E-state index in [4.69, 9.17) is 9.84 Å². The molecule has 0 spiro atoms. The fourth-order valence-corrected chi connectivity index (χ4v) is 2.67. The maximum atomic E-state index is 11.0. The van der Waals surface area contributed by atoms with Gasteiger partial charge in [-0.05, 0) is 31.2 Å². The predicted octanol–water partition coefficient (Wildman–Crippen LogP) is 2.25. The van der Waals surface area contributed by atoms with E-state index >= 15 is 0 Å². The minimum absolute atomic E-state index is 0.213. The van der Waals surface area contributed by atoms with Gasteiger partial charge in [0.15, 0.2) is 0 Å². The molecule has 1 aliphatic carbocycles. The van der Waals surface area contributed by atoms with Crippen molar-refractivity contribution in [2.45, 2.75) is 17.6 Å². The van der Waals surface area contributed by atoms with Gasteiger partial charge in [0.1, 0.15) is 17.9 Å². The van der Waals surface area contributed by atoms with E-state index in [2.05, 4.69) is 11.6 Å². The summed E-state index contributed by atoms with van der Waals surface area (Å²) in [7, 11) is 0. The van der Waals surface area contributed by atoms with Gasteiger partial charge in [0.25, 0.3) is 0 Å². The first-order valence-corrected chi connectivity index (χ1v) is 7.60. The van der Waals surface area contributed by atoms with Crippen molar-refractivity contribution in [3.63, 3.8) is 0 Å². The molecule has 2 rings (SSSR count). The summed E-state index contributed by atoms with van der Waals surface area (Å²) in [5.41, 5.74) is 0.213. The lowest BCUT2D eigenvalue weighted by molar-refractivity contribution is 0.0692. The highest BCUT2D eigenvalue weighted by molar-refractivity contribution is 8.00. The van der Waals surface area contributed by atoms with E-state index in [9.17, 15) is 4.79 Å². The van der Waals surface area contributed by atoms with Crippen molar-refractivity contribution in [2.75, 3.05) is 26.0 Å². The Morgan fingerprint density at radius 3 is 2.84 bits per heavy atom. The van der Waals surface area contributed by atoms with Gasteiger partial charge < -0.3 is 15.2 Å². The fourth-order valence-electron chi connectivity index (χ4n) is 1.91. The number of carboxylic acids is 1. The molecule has 5 heteroatoms. The summed E-state index contributed by atoms with van der Waals surface area (Å²) in [6.45, 7) is 2.21. The van der Waals surface area contributed by atoms with Crippen molar-refractivity contribution in [1.82, 2.24) is 5.32 Å². The molecule has 0 saturated heterocycles. The van der Waals surface area contributed by atoms with Crippen LogP contribution in [0.25, 0.3) is 0 Å². The quantitative estimate of drug-likeness (QED) is 0.716. The molecule has 0 amide bonds. The summed E-state index contributed by atoms with van der Waals surface area (Å²) in [6.07, 6.45) is 4.71. The second-order valence-electron chi connectivity index (χ2n) is 4.71. The number of aromatic carboxylic acids is 1. The number of benzene rings is 1. The van der Waals surface area contributed by atoms with Gasteiger partial charge in [-0.15, -0.1) is 0 Å². The van der Waals surface area contributed by atoms with Crippen LogP contribution in [0.4, 0.5) is 0 Å². The third kappa shape index (κ3) is 3.88. The van der Waals surface area contributed by atoms with Crippen LogP contribution in [0.5, 0.6) is 5.75 Å². The summed E-state index contributed by atoms with van der Waals surface area (Å²) < 4.78 is 5.96. The summed E-state index contributed by atoms with van der Waals surface area (Å²) in [5.74, 6) is -0.523. The Bertz CT molecular complexity index is 446. The van der Waals surface area contributed by atoms with Crippen molar-refractivity contribution in [3.05, 3.63) is 29.8 Å². The second-order valence-corrected chi connectivity index (χ2v) is 5.99. The van der Waals surface area contributed by atoms with Crippen LogP contribution in [-0.4, -0.2) is 41.8 Å². The van der Waals surface area contributed by atoms with Crippen molar-refractivity contribution in [1.29, 1.82) is 0 Å². The monoisotopic (exact) mass is 281 g/mol.